The van der Waals surface area contributed by atoms with E-state index in [1.54, 1.807) is 31.3 Å². The van der Waals surface area contributed by atoms with E-state index in [0.717, 1.165) is 0 Å². The number of fused-ring (bicyclic) bond motifs is 2. The lowest BCUT2D eigenvalue weighted by atomic mass is 9.96. The first kappa shape index (κ1) is 21.0. The second-order valence-electron chi connectivity index (χ2n) is 7.58. The SMILES string of the molecule is CN1C(=O)C(NC(=O)c2ncc3c(n2)C(C)(CC(F)(F)F)OC3)COc2ccccc21. The van der Waals surface area contributed by atoms with Crippen LogP contribution in [0.25, 0.3) is 0 Å². The van der Waals surface area contributed by atoms with Crippen molar-refractivity contribution in [2.45, 2.75) is 37.8 Å². The second kappa shape index (κ2) is 7.49. The molecule has 3 heterocycles. The van der Waals surface area contributed by atoms with E-state index in [2.05, 4.69) is 15.3 Å². The number of carbonyl (C=O) groups excluding carboxylic acids is 2. The van der Waals surface area contributed by atoms with Gasteiger partial charge in [-0.15, -0.1) is 0 Å². The molecule has 2 aliphatic heterocycles. The van der Waals surface area contributed by atoms with Crippen LogP contribution in [-0.2, 0) is 21.7 Å². The number of nitrogens with zero attached hydrogens (tertiary/aromatic N) is 3. The van der Waals surface area contributed by atoms with E-state index in [-0.39, 0.29) is 24.7 Å². The third-order valence-corrected chi connectivity index (χ3v) is 5.22. The van der Waals surface area contributed by atoms with Crippen molar-refractivity contribution in [2.75, 3.05) is 18.6 Å². The molecular weight excluding hydrogens is 417 g/mol. The monoisotopic (exact) mass is 436 g/mol. The van der Waals surface area contributed by atoms with Gasteiger partial charge in [-0.05, 0) is 19.1 Å². The number of para-hydroxylation sites is 2. The average molecular weight is 436 g/mol. The largest absolute Gasteiger partial charge is 0.489 e. The Hall–Kier alpha value is -3.21. The normalized spacial score (nSPS) is 22.9. The number of carbonyl (C=O) groups is 2. The smallest absolute Gasteiger partial charge is 0.392 e. The van der Waals surface area contributed by atoms with Crippen molar-refractivity contribution in [3.05, 3.63) is 47.5 Å². The van der Waals surface area contributed by atoms with Gasteiger partial charge in [0.1, 0.15) is 24.0 Å². The Morgan fingerprint density at radius 2 is 2.10 bits per heavy atom. The zero-order valence-electron chi connectivity index (χ0n) is 16.7. The summed E-state index contributed by atoms with van der Waals surface area (Å²) in [5, 5.41) is 2.51. The van der Waals surface area contributed by atoms with E-state index in [1.807, 2.05) is 0 Å². The minimum atomic E-state index is -4.48. The Morgan fingerprint density at radius 3 is 2.84 bits per heavy atom. The first-order chi connectivity index (χ1) is 14.6. The van der Waals surface area contributed by atoms with Crippen LogP contribution >= 0.6 is 0 Å². The standard InChI is InChI=1S/C20H19F3N4O4/c1-19(10-20(21,22)23)15-11(8-31-19)7-24-16(26-15)17(28)25-12-9-30-14-6-4-3-5-13(14)27(2)18(12)29/h3-7,12H,8-10H2,1-2H3,(H,25,28). The summed E-state index contributed by atoms with van der Waals surface area (Å²) >= 11 is 0. The van der Waals surface area contributed by atoms with E-state index in [9.17, 15) is 22.8 Å². The van der Waals surface area contributed by atoms with Gasteiger partial charge in [0.25, 0.3) is 11.8 Å². The Balaban J connectivity index is 1.54. The molecule has 2 amide bonds. The van der Waals surface area contributed by atoms with Gasteiger partial charge in [-0.1, -0.05) is 12.1 Å². The molecule has 1 N–H and O–H groups in total. The first-order valence-electron chi connectivity index (χ1n) is 9.45. The first-order valence-corrected chi connectivity index (χ1v) is 9.45. The van der Waals surface area contributed by atoms with Gasteiger partial charge in [0, 0.05) is 18.8 Å². The molecule has 0 radical (unpaired) electrons. The van der Waals surface area contributed by atoms with Crippen LogP contribution in [0.4, 0.5) is 18.9 Å². The van der Waals surface area contributed by atoms with Crippen molar-refractivity contribution < 1.29 is 32.2 Å². The maximum absolute atomic E-state index is 13.0. The number of nitrogens with one attached hydrogen (secondary N) is 1. The van der Waals surface area contributed by atoms with Gasteiger partial charge in [-0.3, -0.25) is 9.59 Å². The van der Waals surface area contributed by atoms with E-state index < -0.39 is 36.1 Å². The summed E-state index contributed by atoms with van der Waals surface area (Å²) in [5.74, 6) is -1.08. The molecule has 0 aliphatic carbocycles. The Labute approximate surface area is 175 Å². The molecule has 164 valence electrons. The number of benzene rings is 1. The Bertz CT molecular complexity index is 1050. The second-order valence-corrected chi connectivity index (χ2v) is 7.58. The van der Waals surface area contributed by atoms with Crippen molar-refractivity contribution in [1.82, 2.24) is 15.3 Å². The molecule has 0 bridgehead atoms. The van der Waals surface area contributed by atoms with Crippen LogP contribution in [0.15, 0.2) is 30.5 Å². The maximum atomic E-state index is 13.0. The number of rotatable bonds is 3. The number of aromatic nitrogens is 2. The quantitative estimate of drug-likeness (QED) is 0.794. The Kier molecular flexibility index (Phi) is 5.08. The topological polar surface area (TPSA) is 93.7 Å². The van der Waals surface area contributed by atoms with Gasteiger partial charge in [0.05, 0.1) is 24.4 Å². The number of anilines is 1. The van der Waals surface area contributed by atoms with Crippen LogP contribution in [0.5, 0.6) is 5.75 Å². The molecule has 2 atom stereocenters. The van der Waals surface area contributed by atoms with Crippen molar-refractivity contribution in [1.29, 1.82) is 0 Å². The summed E-state index contributed by atoms with van der Waals surface area (Å²) in [5.41, 5.74) is -0.766. The molecule has 31 heavy (non-hydrogen) atoms. The van der Waals surface area contributed by atoms with Gasteiger partial charge in [-0.25, -0.2) is 9.97 Å². The van der Waals surface area contributed by atoms with E-state index in [1.165, 1.54) is 18.0 Å². The summed E-state index contributed by atoms with van der Waals surface area (Å²) < 4.78 is 49.9. The van der Waals surface area contributed by atoms with Gasteiger partial charge in [-0.2, -0.15) is 13.2 Å². The van der Waals surface area contributed by atoms with Gasteiger partial charge in [0.15, 0.2) is 0 Å². The molecule has 8 nitrogen and oxygen atoms in total. The highest BCUT2D eigenvalue weighted by Gasteiger charge is 2.47. The number of ether oxygens (including phenoxy) is 2. The van der Waals surface area contributed by atoms with Crippen LogP contribution in [0.1, 0.15) is 35.2 Å². The predicted molar refractivity (Wildman–Crippen MR) is 101 cm³/mol. The van der Waals surface area contributed by atoms with Gasteiger partial charge in [0.2, 0.25) is 5.82 Å². The molecule has 2 aliphatic rings. The summed E-state index contributed by atoms with van der Waals surface area (Å²) in [6.45, 7) is 1.07. The average Bonchev–Trinajstić information content (AvgIpc) is 2.98. The molecule has 4 rings (SSSR count). The predicted octanol–water partition coefficient (Wildman–Crippen LogP) is 2.33. The molecule has 1 aromatic heterocycles. The van der Waals surface area contributed by atoms with E-state index in [4.69, 9.17) is 9.47 Å². The number of halogens is 3. The van der Waals surface area contributed by atoms with Crippen molar-refractivity contribution in [3.63, 3.8) is 0 Å². The Morgan fingerprint density at radius 1 is 1.35 bits per heavy atom. The van der Waals surface area contributed by atoms with Crippen molar-refractivity contribution >= 4 is 17.5 Å². The number of hydrogen-bond acceptors (Lipinski definition) is 6. The van der Waals surface area contributed by atoms with Crippen LogP contribution < -0.4 is 15.0 Å². The van der Waals surface area contributed by atoms with Crippen LogP contribution in [0.2, 0.25) is 0 Å². The number of hydrogen-bond donors (Lipinski definition) is 1. The molecule has 1 aromatic carbocycles. The minimum Gasteiger partial charge on any atom is -0.489 e. The minimum absolute atomic E-state index is 0.0120. The summed E-state index contributed by atoms with van der Waals surface area (Å²) in [6, 6.07) is 5.90. The lowest BCUT2D eigenvalue weighted by Crippen LogP contribution is -2.49. The highest BCUT2D eigenvalue weighted by atomic mass is 19.4. The van der Waals surface area contributed by atoms with Crippen LogP contribution in [0, 0.1) is 0 Å². The lowest BCUT2D eigenvalue weighted by molar-refractivity contribution is -0.185. The number of likely N-dealkylation sites (N-methyl/N-ethyl adjacent to an activating group) is 1. The fourth-order valence-electron chi connectivity index (χ4n) is 3.68. The summed E-state index contributed by atoms with van der Waals surface area (Å²) in [6.07, 6.45) is -4.46. The number of alkyl halides is 3. The summed E-state index contributed by atoms with van der Waals surface area (Å²) in [4.78, 5) is 34.8. The zero-order chi connectivity index (χ0) is 22.4. The molecule has 0 saturated heterocycles. The van der Waals surface area contributed by atoms with E-state index >= 15 is 0 Å². The van der Waals surface area contributed by atoms with Crippen LogP contribution in [0.3, 0.4) is 0 Å². The molecule has 0 spiro atoms. The molecular formula is C20H19F3N4O4. The highest BCUT2D eigenvalue weighted by Crippen LogP contribution is 2.42. The fraction of sp³-hybridized carbons (Fsp3) is 0.400. The van der Waals surface area contributed by atoms with E-state index in [0.29, 0.717) is 17.0 Å². The van der Waals surface area contributed by atoms with Gasteiger partial charge < -0.3 is 19.7 Å². The van der Waals surface area contributed by atoms with Crippen molar-refractivity contribution in [2.24, 2.45) is 0 Å². The molecule has 2 unspecified atom stereocenters. The van der Waals surface area contributed by atoms with Crippen molar-refractivity contribution in [3.8, 4) is 5.75 Å². The molecule has 2 aromatic rings. The third kappa shape index (κ3) is 4.05. The number of amides is 2. The molecule has 0 fully saturated rings. The molecule has 0 saturated carbocycles. The maximum Gasteiger partial charge on any atom is 0.392 e. The zero-order valence-corrected chi connectivity index (χ0v) is 16.7. The lowest BCUT2D eigenvalue weighted by Gasteiger charge is -2.25. The molecule has 11 heteroatoms. The van der Waals surface area contributed by atoms with Gasteiger partial charge >= 0.3 is 6.18 Å². The van der Waals surface area contributed by atoms with Crippen LogP contribution in [-0.4, -0.2) is 47.7 Å². The fourth-order valence-corrected chi connectivity index (χ4v) is 3.68. The third-order valence-electron chi connectivity index (χ3n) is 5.22. The summed E-state index contributed by atoms with van der Waals surface area (Å²) in [7, 11) is 1.56. The highest BCUT2D eigenvalue weighted by molar-refractivity contribution is 6.02.